The van der Waals surface area contributed by atoms with Gasteiger partial charge in [0, 0.05) is 12.0 Å². The third kappa shape index (κ3) is 4.16. The Morgan fingerprint density at radius 1 is 0.667 bits per heavy atom. The van der Waals surface area contributed by atoms with Gasteiger partial charge < -0.3 is 9.59 Å². The number of rotatable bonds is 6. The van der Waals surface area contributed by atoms with Crippen LogP contribution in [0.15, 0.2) is 97.1 Å². The molecule has 4 aromatic carbocycles. The van der Waals surface area contributed by atoms with Crippen LogP contribution in [0, 0.1) is 0 Å². The molecule has 1 N–H and O–H groups in total. The molecule has 0 aromatic heterocycles. The van der Waals surface area contributed by atoms with Crippen LogP contribution in [-0.2, 0) is 18.6 Å². The molecule has 2 heteroatoms. The number of nitrogens with zero attached hydrogens (tertiary/aromatic N) is 1. The molecule has 0 aliphatic rings. The molecule has 0 amide bonds. The molecule has 152 valence electrons. The largest absolute Gasteiger partial charge is 0.380 e. The van der Waals surface area contributed by atoms with E-state index in [4.69, 9.17) is 0 Å². The van der Waals surface area contributed by atoms with Crippen molar-refractivity contribution in [2.24, 2.45) is 0 Å². The van der Waals surface area contributed by atoms with E-state index in [1.165, 1.54) is 21.9 Å². The monoisotopic (exact) mass is 396 g/mol. The van der Waals surface area contributed by atoms with Crippen LogP contribution in [0.2, 0.25) is 0 Å². The van der Waals surface area contributed by atoms with E-state index in [0.717, 1.165) is 22.2 Å². The molecular weight excluding hydrogens is 366 g/mol. The average Bonchev–Trinajstić information content (AvgIpc) is 2.75. The molecule has 0 aliphatic carbocycles. The standard InChI is InChI=1S/C28H30NO/c1-29(2,3)21-23-19-18-22-12-10-11-17-26(22)27(23)20-28(30,24-13-6-4-7-14-24)25-15-8-5-9-16-25/h4-19,30H,20-21H2,1-3H3/q+1. The van der Waals surface area contributed by atoms with Gasteiger partial charge in [-0.2, -0.15) is 0 Å². The molecule has 0 unspecified atom stereocenters. The van der Waals surface area contributed by atoms with Crippen LogP contribution in [0.4, 0.5) is 0 Å². The van der Waals surface area contributed by atoms with E-state index in [1.54, 1.807) is 0 Å². The van der Waals surface area contributed by atoms with Gasteiger partial charge >= 0.3 is 0 Å². The summed E-state index contributed by atoms with van der Waals surface area (Å²) < 4.78 is 0.834. The van der Waals surface area contributed by atoms with E-state index < -0.39 is 5.60 Å². The molecule has 0 heterocycles. The number of aliphatic hydroxyl groups is 1. The van der Waals surface area contributed by atoms with Crippen LogP contribution in [0.5, 0.6) is 0 Å². The Bertz CT molecular complexity index is 1090. The maximum atomic E-state index is 12.2. The highest BCUT2D eigenvalue weighted by molar-refractivity contribution is 5.87. The van der Waals surface area contributed by atoms with Crippen LogP contribution in [0.1, 0.15) is 22.3 Å². The van der Waals surface area contributed by atoms with E-state index >= 15 is 0 Å². The fraction of sp³-hybridized carbons (Fsp3) is 0.214. The SMILES string of the molecule is C[N+](C)(C)Cc1ccc2ccccc2c1CC(O)(c1ccccc1)c1ccccc1. The Hall–Kier alpha value is -2.94. The number of fused-ring (bicyclic) bond motifs is 1. The highest BCUT2D eigenvalue weighted by atomic mass is 16.3. The summed E-state index contributed by atoms with van der Waals surface area (Å²) >= 11 is 0. The van der Waals surface area contributed by atoms with Crippen molar-refractivity contribution in [3.63, 3.8) is 0 Å². The van der Waals surface area contributed by atoms with Crippen molar-refractivity contribution in [1.29, 1.82) is 0 Å². The van der Waals surface area contributed by atoms with Crippen LogP contribution in [-0.4, -0.2) is 30.7 Å². The maximum Gasteiger partial charge on any atom is 0.119 e. The highest BCUT2D eigenvalue weighted by Gasteiger charge is 2.33. The summed E-state index contributed by atoms with van der Waals surface area (Å²) in [4.78, 5) is 0. The molecule has 4 aromatic rings. The quantitative estimate of drug-likeness (QED) is 0.425. The lowest BCUT2D eigenvalue weighted by Crippen LogP contribution is -2.35. The molecule has 0 saturated carbocycles. The Morgan fingerprint density at radius 2 is 1.20 bits per heavy atom. The molecule has 4 rings (SSSR count). The molecule has 30 heavy (non-hydrogen) atoms. The number of quaternary nitrogens is 1. The van der Waals surface area contributed by atoms with Gasteiger partial charge in [0.15, 0.2) is 0 Å². The molecule has 0 atom stereocenters. The van der Waals surface area contributed by atoms with Crippen molar-refractivity contribution in [2.45, 2.75) is 18.6 Å². The summed E-state index contributed by atoms with van der Waals surface area (Å²) in [6.45, 7) is 0.903. The Morgan fingerprint density at radius 3 is 1.77 bits per heavy atom. The number of hydrogen-bond acceptors (Lipinski definition) is 1. The molecule has 2 nitrogen and oxygen atoms in total. The summed E-state index contributed by atoms with van der Waals surface area (Å²) in [7, 11) is 6.62. The summed E-state index contributed by atoms with van der Waals surface area (Å²) in [5.74, 6) is 0. The van der Waals surface area contributed by atoms with Gasteiger partial charge in [0.25, 0.3) is 0 Å². The van der Waals surface area contributed by atoms with Gasteiger partial charge in [0.1, 0.15) is 12.1 Å². The van der Waals surface area contributed by atoms with Gasteiger partial charge in [-0.3, -0.25) is 0 Å². The topological polar surface area (TPSA) is 20.2 Å². The van der Waals surface area contributed by atoms with Gasteiger partial charge in [-0.05, 0) is 27.5 Å². The fourth-order valence-electron chi connectivity index (χ4n) is 4.30. The Kier molecular flexibility index (Phi) is 5.46. The van der Waals surface area contributed by atoms with Crippen LogP contribution in [0.25, 0.3) is 10.8 Å². The van der Waals surface area contributed by atoms with Gasteiger partial charge in [-0.1, -0.05) is 97.1 Å². The van der Waals surface area contributed by atoms with E-state index in [-0.39, 0.29) is 0 Å². The predicted molar refractivity (Wildman–Crippen MR) is 125 cm³/mol. The first-order valence-electron chi connectivity index (χ1n) is 10.5. The fourth-order valence-corrected chi connectivity index (χ4v) is 4.30. The average molecular weight is 397 g/mol. The lowest BCUT2D eigenvalue weighted by atomic mass is 9.79. The normalized spacial score (nSPS) is 12.3. The van der Waals surface area contributed by atoms with Crippen molar-refractivity contribution in [1.82, 2.24) is 0 Å². The van der Waals surface area contributed by atoms with Crippen molar-refractivity contribution in [3.05, 3.63) is 119 Å². The molecule has 0 spiro atoms. The van der Waals surface area contributed by atoms with E-state index in [1.807, 2.05) is 60.7 Å². The van der Waals surface area contributed by atoms with Crippen molar-refractivity contribution < 1.29 is 9.59 Å². The molecule has 0 saturated heterocycles. The number of hydrogen-bond donors (Lipinski definition) is 1. The van der Waals surface area contributed by atoms with Gasteiger partial charge in [0.2, 0.25) is 0 Å². The third-order valence-electron chi connectivity index (χ3n) is 5.72. The van der Waals surface area contributed by atoms with Crippen molar-refractivity contribution in [3.8, 4) is 0 Å². The van der Waals surface area contributed by atoms with Gasteiger partial charge in [0.05, 0.1) is 21.1 Å². The van der Waals surface area contributed by atoms with E-state index in [9.17, 15) is 5.11 Å². The summed E-state index contributed by atoms with van der Waals surface area (Å²) in [5.41, 5.74) is 3.23. The summed E-state index contributed by atoms with van der Waals surface area (Å²) in [5, 5.41) is 14.6. The molecular formula is C28H30NO+. The lowest BCUT2D eigenvalue weighted by Gasteiger charge is -2.32. The second-order valence-electron chi connectivity index (χ2n) is 9.14. The first-order valence-corrected chi connectivity index (χ1v) is 10.5. The summed E-state index contributed by atoms with van der Waals surface area (Å²) in [6, 6.07) is 33.0. The number of benzene rings is 4. The minimum Gasteiger partial charge on any atom is -0.380 e. The zero-order chi connectivity index (χ0) is 21.2. The molecule has 0 aliphatic heterocycles. The van der Waals surface area contributed by atoms with Gasteiger partial charge in [-0.15, -0.1) is 0 Å². The Labute approximate surface area is 179 Å². The van der Waals surface area contributed by atoms with E-state index in [2.05, 4.69) is 57.5 Å². The minimum absolute atomic E-state index is 0.526. The minimum atomic E-state index is -1.10. The van der Waals surface area contributed by atoms with Gasteiger partial charge in [-0.25, -0.2) is 0 Å². The van der Waals surface area contributed by atoms with Crippen LogP contribution < -0.4 is 0 Å². The predicted octanol–water partition coefficient (Wildman–Crippen LogP) is 5.52. The zero-order valence-corrected chi connectivity index (χ0v) is 18.0. The van der Waals surface area contributed by atoms with Crippen LogP contribution in [0.3, 0.4) is 0 Å². The molecule has 0 radical (unpaired) electrons. The first-order chi connectivity index (χ1) is 14.4. The lowest BCUT2D eigenvalue weighted by molar-refractivity contribution is -0.884. The maximum absolute atomic E-state index is 12.2. The third-order valence-corrected chi connectivity index (χ3v) is 5.72. The second kappa shape index (κ2) is 8.06. The van der Waals surface area contributed by atoms with Crippen molar-refractivity contribution in [2.75, 3.05) is 21.1 Å². The van der Waals surface area contributed by atoms with E-state index in [0.29, 0.717) is 6.42 Å². The van der Waals surface area contributed by atoms with Crippen LogP contribution >= 0.6 is 0 Å². The Balaban J connectivity index is 1.93. The second-order valence-corrected chi connectivity index (χ2v) is 9.14. The first kappa shape index (κ1) is 20.3. The smallest absolute Gasteiger partial charge is 0.119 e. The molecule has 0 bridgehead atoms. The van der Waals surface area contributed by atoms with Crippen molar-refractivity contribution >= 4 is 10.8 Å². The highest BCUT2D eigenvalue weighted by Crippen LogP contribution is 2.37. The molecule has 0 fully saturated rings. The summed E-state index contributed by atoms with van der Waals surface area (Å²) in [6.07, 6.45) is 0.526. The zero-order valence-electron chi connectivity index (χ0n) is 18.0.